The van der Waals surface area contributed by atoms with Crippen LogP contribution in [0.3, 0.4) is 0 Å². The number of nitrogens with one attached hydrogen (secondary N) is 1. The summed E-state index contributed by atoms with van der Waals surface area (Å²) in [6.07, 6.45) is 20.1. The summed E-state index contributed by atoms with van der Waals surface area (Å²) in [7, 11) is 1.97. The number of aryl methyl sites for hydroxylation is 1. The third kappa shape index (κ3) is 8.49. The Hall–Kier alpha value is -1.86. The van der Waals surface area contributed by atoms with Crippen LogP contribution in [0.5, 0.6) is 0 Å². The van der Waals surface area contributed by atoms with E-state index >= 15 is 0 Å². The lowest BCUT2D eigenvalue weighted by molar-refractivity contribution is 0.465. The van der Waals surface area contributed by atoms with Crippen LogP contribution in [0.25, 0.3) is 6.08 Å². The molecule has 0 amide bonds. The molecule has 0 bridgehead atoms. The average Bonchev–Trinajstić information content (AvgIpc) is 2.63. The third-order valence-electron chi connectivity index (χ3n) is 4.61. The Kier molecular flexibility index (Phi) is 10.7. The first kappa shape index (κ1) is 22.2. The monoisotopic (exact) mass is 351 g/mol. The minimum atomic E-state index is 0.0985. The van der Waals surface area contributed by atoms with Crippen molar-refractivity contribution in [3.63, 3.8) is 0 Å². The van der Waals surface area contributed by atoms with Crippen LogP contribution in [0.15, 0.2) is 66.3 Å². The molecular formula is C25H37N. The highest BCUT2D eigenvalue weighted by molar-refractivity contribution is 5.50. The third-order valence-corrected chi connectivity index (χ3v) is 4.61. The van der Waals surface area contributed by atoms with E-state index in [0.717, 1.165) is 13.0 Å². The number of hydrogen-bond acceptors (Lipinski definition) is 1. The maximum absolute atomic E-state index is 3.17. The molecule has 0 aliphatic carbocycles. The molecule has 0 saturated heterocycles. The van der Waals surface area contributed by atoms with E-state index in [9.17, 15) is 0 Å². The second-order valence-electron chi connectivity index (χ2n) is 7.44. The molecular weight excluding hydrogens is 314 g/mol. The van der Waals surface area contributed by atoms with Gasteiger partial charge < -0.3 is 5.32 Å². The van der Waals surface area contributed by atoms with Crippen LogP contribution < -0.4 is 5.32 Å². The Labute approximate surface area is 161 Å². The van der Waals surface area contributed by atoms with E-state index in [1.165, 1.54) is 36.0 Å². The standard InChI is InChI=1S/C25H37N/c1-6-8-12-22-16-18-23(19-17-22)13-10-20-25(3,4)24(14-9-7-2)15-11-21-26-5/h7,9-11,13-19,26H,6,8,12,20-21H2,1-5H3/b9-7-,13-10+,15-11+,24-14+. The van der Waals surface area contributed by atoms with E-state index in [4.69, 9.17) is 0 Å². The van der Waals surface area contributed by atoms with Crippen molar-refractivity contribution in [3.05, 3.63) is 77.4 Å². The van der Waals surface area contributed by atoms with E-state index in [0.29, 0.717) is 0 Å². The van der Waals surface area contributed by atoms with Gasteiger partial charge in [-0.1, -0.05) is 94.0 Å². The van der Waals surface area contributed by atoms with Gasteiger partial charge in [0.1, 0.15) is 0 Å². The van der Waals surface area contributed by atoms with E-state index in [1.807, 2.05) is 7.05 Å². The Morgan fingerprint density at radius 1 is 1.12 bits per heavy atom. The topological polar surface area (TPSA) is 12.0 Å². The molecule has 142 valence electrons. The zero-order chi connectivity index (χ0) is 19.3. The Morgan fingerprint density at radius 3 is 2.46 bits per heavy atom. The molecule has 1 nitrogen and oxygen atoms in total. The largest absolute Gasteiger partial charge is 0.316 e. The van der Waals surface area contributed by atoms with Crippen LogP contribution in [-0.2, 0) is 6.42 Å². The summed E-state index contributed by atoms with van der Waals surface area (Å²) >= 11 is 0. The Bertz CT molecular complexity index is 612. The molecule has 0 aliphatic rings. The molecule has 0 heterocycles. The fourth-order valence-electron chi connectivity index (χ4n) is 2.79. The first-order valence-corrected chi connectivity index (χ1v) is 9.93. The highest BCUT2D eigenvalue weighted by atomic mass is 14.8. The van der Waals surface area contributed by atoms with E-state index in [-0.39, 0.29) is 5.41 Å². The predicted molar refractivity (Wildman–Crippen MR) is 118 cm³/mol. The van der Waals surface area contributed by atoms with Gasteiger partial charge in [0.2, 0.25) is 0 Å². The quantitative estimate of drug-likeness (QED) is 0.435. The number of likely N-dealkylation sites (N-methyl/N-ethyl adjacent to an activating group) is 1. The van der Waals surface area contributed by atoms with Gasteiger partial charge in [-0.15, -0.1) is 0 Å². The van der Waals surface area contributed by atoms with Crippen molar-refractivity contribution in [1.82, 2.24) is 5.32 Å². The van der Waals surface area contributed by atoms with E-state index < -0.39 is 0 Å². The molecule has 0 saturated carbocycles. The van der Waals surface area contributed by atoms with Gasteiger partial charge in [-0.05, 0) is 55.3 Å². The molecule has 1 aromatic rings. The van der Waals surface area contributed by atoms with Crippen LogP contribution in [0.2, 0.25) is 0 Å². The van der Waals surface area contributed by atoms with Gasteiger partial charge in [0.05, 0.1) is 0 Å². The maximum atomic E-state index is 3.17. The van der Waals surface area contributed by atoms with Crippen molar-refractivity contribution in [2.45, 2.75) is 53.4 Å². The zero-order valence-corrected chi connectivity index (χ0v) is 17.4. The SMILES string of the molecule is C\C=C/C=C(\C=C\CNC)C(C)(C)C/C=C/c1ccc(CCCC)cc1. The van der Waals surface area contributed by atoms with Crippen LogP contribution >= 0.6 is 0 Å². The van der Waals surface area contributed by atoms with Crippen LogP contribution in [0.1, 0.15) is 58.1 Å². The first-order chi connectivity index (χ1) is 12.5. The van der Waals surface area contributed by atoms with Gasteiger partial charge in [-0.2, -0.15) is 0 Å². The lowest BCUT2D eigenvalue weighted by Crippen LogP contribution is -2.13. The van der Waals surface area contributed by atoms with Crippen LogP contribution in [0.4, 0.5) is 0 Å². The molecule has 26 heavy (non-hydrogen) atoms. The van der Waals surface area contributed by atoms with Gasteiger partial charge >= 0.3 is 0 Å². The smallest absolute Gasteiger partial charge is 0.0135 e. The van der Waals surface area contributed by atoms with Crippen LogP contribution in [0, 0.1) is 5.41 Å². The highest BCUT2D eigenvalue weighted by Gasteiger charge is 2.19. The number of benzene rings is 1. The summed E-state index contributed by atoms with van der Waals surface area (Å²) in [5, 5.41) is 3.17. The fraction of sp³-hybridized carbons (Fsp3) is 0.440. The minimum Gasteiger partial charge on any atom is -0.316 e. The second-order valence-corrected chi connectivity index (χ2v) is 7.44. The van der Waals surface area contributed by atoms with E-state index in [1.54, 1.807) is 0 Å². The number of allylic oxidation sites excluding steroid dienone is 6. The number of rotatable bonds is 11. The summed E-state index contributed by atoms with van der Waals surface area (Å²) in [6.45, 7) is 9.81. The number of hydrogen-bond donors (Lipinski definition) is 1. The molecule has 0 aromatic heterocycles. The summed E-state index contributed by atoms with van der Waals surface area (Å²) in [4.78, 5) is 0. The van der Waals surface area contributed by atoms with Crippen molar-refractivity contribution in [2.24, 2.45) is 5.41 Å². The van der Waals surface area contributed by atoms with Gasteiger partial charge in [0.15, 0.2) is 0 Å². The molecule has 1 rings (SSSR count). The summed E-state index contributed by atoms with van der Waals surface area (Å²) in [6, 6.07) is 8.99. The lowest BCUT2D eigenvalue weighted by atomic mass is 9.80. The first-order valence-electron chi connectivity index (χ1n) is 9.93. The summed E-state index contributed by atoms with van der Waals surface area (Å²) < 4.78 is 0. The van der Waals surface area contributed by atoms with Crippen molar-refractivity contribution < 1.29 is 0 Å². The van der Waals surface area contributed by atoms with Crippen LogP contribution in [-0.4, -0.2) is 13.6 Å². The normalized spacial score (nSPS) is 13.5. The Balaban J connectivity index is 2.75. The predicted octanol–water partition coefficient (Wildman–Crippen LogP) is 6.74. The molecule has 1 N–H and O–H groups in total. The molecule has 0 radical (unpaired) electrons. The molecule has 0 aliphatic heterocycles. The van der Waals surface area contributed by atoms with Gasteiger partial charge in [0, 0.05) is 6.54 Å². The highest BCUT2D eigenvalue weighted by Crippen LogP contribution is 2.32. The molecule has 0 fully saturated rings. The van der Waals surface area contributed by atoms with E-state index in [2.05, 4.69) is 99.8 Å². The average molecular weight is 352 g/mol. The molecule has 1 heteroatoms. The minimum absolute atomic E-state index is 0.0985. The molecule has 0 unspecified atom stereocenters. The van der Waals surface area contributed by atoms with Crippen molar-refractivity contribution in [1.29, 1.82) is 0 Å². The summed E-state index contributed by atoms with van der Waals surface area (Å²) in [5.41, 5.74) is 4.17. The van der Waals surface area contributed by atoms with Crippen molar-refractivity contribution >= 4 is 6.08 Å². The van der Waals surface area contributed by atoms with Gasteiger partial charge in [-0.3, -0.25) is 0 Å². The van der Waals surface area contributed by atoms with Gasteiger partial charge in [-0.25, -0.2) is 0 Å². The summed E-state index contributed by atoms with van der Waals surface area (Å²) in [5.74, 6) is 0. The lowest BCUT2D eigenvalue weighted by Gasteiger charge is -2.25. The molecule has 0 atom stereocenters. The number of unbranched alkanes of at least 4 members (excludes halogenated alkanes) is 1. The molecule has 1 aromatic carbocycles. The van der Waals surface area contributed by atoms with Crippen molar-refractivity contribution in [2.75, 3.05) is 13.6 Å². The van der Waals surface area contributed by atoms with Gasteiger partial charge in [0.25, 0.3) is 0 Å². The second kappa shape index (κ2) is 12.5. The van der Waals surface area contributed by atoms with Crippen molar-refractivity contribution in [3.8, 4) is 0 Å². The maximum Gasteiger partial charge on any atom is 0.0135 e. The zero-order valence-electron chi connectivity index (χ0n) is 17.4. The molecule has 0 spiro atoms. The Morgan fingerprint density at radius 2 is 1.85 bits per heavy atom. The fourth-order valence-corrected chi connectivity index (χ4v) is 2.79.